The predicted octanol–water partition coefficient (Wildman–Crippen LogP) is 3.91. The molecule has 0 aliphatic carbocycles. The third-order valence-electron chi connectivity index (χ3n) is 4.65. The molecule has 0 saturated heterocycles. The van der Waals surface area contributed by atoms with Gasteiger partial charge >= 0.3 is 4.94 Å². The molecule has 10 heteroatoms. The number of rotatable bonds is 6. The van der Waals surface area contributed by atoms with Crippen LogP contribution < -0.4 is 18.7 Å². The first kappa shape index (κ1) is 21.6. The van der Waals surface area contributed by atoms with E-state index in [1.54, 1.807) is 18.2 Å². The highest BCUT2D eigenvalue weighted by atomic mass is 32.2. The van der Waals surface area contributed by atoms with Crippen molar-refractivity contribution in [3.8, 4) is 11.5 Å². The number of nitrogens with zero attached hydrogens (tertiary/aromatic N) is 1. The summed E-state index contributed by atoms with van der Waals surface area (Å²) in [5, 5.41) is 0. The molecule has 0 aliphatic rings. The number of carbonyl (C=O) groups excluding carboxylic acids is 1. The zero-order chi connectivity index (χ0) is 22.9. The largest absolute Gasteiger partial charge is 0.493 e. The number of benzene rings is 3. The Hall–Kier alpha value is -3.63. The second kappa shape index (κ2) is 8.48. The molecular formula is C22H17NO7S2. The molecule has 1 amide bonds. The van der Waals surface area contributed by atoms with Crippen LogP contribution in [0.1, 0.15) is 10.4 Å². The van der Waals surface area contributed by atoms with Gasteiger partial charge in [-0.25, -0.2) is 13.2 Å². The average Bonchev–Trinajstić information content (AvgIpc) is 3.18. The first-order valence-electron chi connectivity index (χ1n) is 9.25. The van der Waals surface area contributed by atoms with E-state index in [0.29, 0.717) is 20.3 Å². The Labute approximate surface area is 187 Å². The van der Waals surface area contributed by atoms with Crippen LogP contribution in [0.2, 0.25) is 0 Å². The Morgan fingerprint density at radius 3 is 2.34 bits per heavy atom. The lowest BCUT2D eigenvalue weighted by Gasteiger charge is -2.23. The first-order chi connectivity index (χ1) is 15.3. The van der Waals surface area contributed by atoms with Gasteiger partial charge in [-0.15, -0.1) is 0 Å². The van der Waals surface area contributed by atoms with Crippen molar-refractivity contribution in [1.29, 1.82) is 0 Å². The van der Waals surface area contributed by atoms with E-state index < -0.39 is 20.9 Å². The van der Waals surface area contributed by atoms with Gasteiger partial charge in [0, 0.05) is 11.6 Å². The summed E-state index contributed by atoms with van der Waals surface area (Å²) in [5.41, 5.74) is 0.551. The van der Waals surface area contributed by atoms with Crippen molar-refractivity contribution < 1.29 is 27.1 Å². The molecule has 8 nitrogen and oxygen atoms in total. The summed E-state index contributed by atoms with van der Waals surface area (Å²) in [6.45, 7) is 0. The number of hydrogen-bond donors (Lipinski definition) is 0. The molecule has 0 unspecified atom stereocenters. The second-order valence-electron chi connectivity index (χ2n) is 6.54. The van der Waals surface area contributed by atoms with Crippen molar-refractivity contribution in [2.45, 2.75) is 4.90 Å². The SMILES string of the molecule is COc1ccc(S(=O)(=O)N(C(=O)c2ccccc2)c2ccc3oc(=O)sc3c2)cc1OC. The highest BCUT2D eigenvalue weighted by Gasteiger charge is 2.33. The van der Waals surface area contributed by atoms with Crippen LogP contribution in [0.4, 0.5) is 5.69 Å². The smallest absolute Gasteiger partial charge is 0.396 e. The van der Waals surface area contributed by atoms with Gasteiger partial charge in [-0.2, -0.15) is 4.31 Å². The Balaban J connectivity index is 1.91. The second-order valence-corrected chi connectivity index (χ2v) is 9.31. The van der Waals surface area contributed by atoms with E-state index in [2.05, 4.69) is 0 Å². The number of anilines is 1. The van der Waals surface area contributed by atoms with Gasteiger partial charge in [0.05, 0.1) is 29.5 Å². The Bertz CT molecular complexity index is 1460. The highest BCUT2D eigenvalue weighted by molar-refractivity contribution is 7.93. The van der Waals surface area contributed by atoms with Crippen LogP contribution in [0.15, 0.2) is 80.8 Å². The molecular weight excluding hydrogens is 454 g/mol. The summed E-state index contributed by atoms with van der Waals surface area (Å²) in [6.07, 6.45) is 0. The van der Waals surface area contributed by atoms with Crippen molar-refractivity contribution >= 4 is 43.2 Å². The van der Waals surface area contributed by atoms with E-state index in [1.165, 1.54) is 62.8 Å². The number of sulfonamides is 1. The molecule has 1 aromatic heterocycles. The molecule has 0 saturated carbocycles. The fourth-order valence-corrected chi connectivity index (χ4v) is 5.26. The number of ether oxygens (including phenoxy) is 2. The topological polar surface area (TPSA) is 103 Å². The summed E-state index contributed by atoms with van der Waals surface area (Å²) < 4.78 is 43.9. The van der Waals surface area contributed by atoms with Gasteiger partial charge in [0.2, 0.25) is 0 Å². The third kappa shape index (κ3) is 3.85. The maximum atomic E-state index is 13.7. The van der Waals surface area contributed by atoms with E-state index in [0.717, 1.165) is 11.3 Å². The van der Waals surface area contributed by atoms with Gasteiger partial charge in [0.25, 0.3) is 15.9 Å². The van der Waals surface area contributed by atoms with Gasteiger partial charge in [0.1, 0.15) is 5.58 Å². The average molecular weight is 472 g/mol. The molecule has 4 aromatic rings. The van der Waals surface area contributed by atoms with E-state index in [4.69, 9.17) is 13.9 Å². The maximum absolute atomic E-state index is 13.7. The van der Waals surface area contributed by atoms with Crippen LogP contribution in [0, 0.1) is 0 Å². The molecule has 0 fully saturated rings. The lowest BCUT2D eigenvalue weighted by Crippen LogP contribution is -2.37. The molecule has 1 heterocycles. The standard InChI is InChI=1S/C22H17NO7S2/c1-28-17-11-9-16(13-19(17)29-2)32(26,27)23(21(24)14-6-4-3-5-7-14)15-8-10-18-20(12-15)31-22(25)30-18/h3-13H,1-2H3. The number of carbonyl (C=O) groups is 1. The molecule has 164 valence electrons. The first-order valence-corrected chi connectivity index (χ1v) is 11.5. The summed E-state index contributed by atoms with van der Waals surface area (Å²) in [7, 11) is -1.56. The molecule has 3 aromatic carbocycles. The van der Waals surface area contributed by atoms with E-state index >= 15 is 0 Å². The van der Waals surface area contributed by atoms with Gasteiger partial charge in [-0.05, 0) is 42.5 Å². The molecule has 0 bridgehead atoms. The van der Waals surface area contributed by atoms with Gasteiger partial charge in [0.15, 0.2) is 11.5 Å². The third-order valence-corrected chi connectivity index (χ3v) is 7.14. The molecule has 4 rings (SSSR count). The molecule has 0 N–H and O–H groups in total. The van der Waals surface area contributed by atoms with Crippen molar-refractivity contribution in [2.75, 3.05) is 18.5 Å². The van der Waals surface area contributed by atoms with E-state index in [1.807, 2.05) is 0 Å². The zero-order valence-corrected chi connectivity index (χ0v) is 18.6. The molecule has 0 aliphatic heterocycles. The van der Waals surface area contributed by atoms with Gasteiger partial charge in [-0.1, -0.05) is 29.5 Å². The normalized spacial score (nSPS) is 11.3. The Morgan fingerprint density at radius 2 is 1.66 bits per heavy atom. The fraction of sp³-hybridized carbons (Fsp3) is 0.0909. The lowest BCUT2D eigenvalue weighted by molar-refractivity contribution is 0.101. The quantitative estimate of drug-likeness (QED) is 0.420. The van der Waals surface area contributed by atoms with Crippen molar-refractivity contribution in [3.63, 3.8) is 0 Å². The van der Waals surface area contributed by atoms with E-state index in [-0.39, 0.29) is 21.9 Å². The summed E-state index contributed by atoms with van der Waals surface area (Å²) in [4.78, 5) is 24.3. The summed E-state index contributed by atoms with van der Waals surface area (Å²) >= 11 is 0.817. The minimum absolute atomic E-state index is 0.0678. The molecule has 0 spiro atoms. The van der Waals surface area contributed by atoms with Crippen molar-refractivity contribution in [2.24, 2.45) is 0 Å². The maximum Gasteiger partial charge on any atom is 0.396 e. The minimum atomic E-state index is -4.38. The Morgan fingerprint density at radius 1 is 0.938 bits per heavy atom. The monoisotopic (exact) mass is 471 g/mol. The number of methoxy groups -OCH3 is 2. The van der Waals surface area contributed by atoms with Crippen LogP contribution in [0.5, 0.6) is 11.5 Å². The highest BCUT2D eigenvalue weighted by Crippen LogP contribution is 2.34. The van der Waals surface area contributed by atoms with Gasteiger partial charge < -0.3 is 13.9 Å². The van der Waals surface area contributed by atoms with Crippen LogP contribution in [-0.2, 0) is 10.0 Å². The lowest BCUT2D eigenvalue weighted by atomic mass is 10.2. The zero-order valence-electron chi connectivity index (χ0n) is 17.0. The number of amides is 1. The summed E-state index contributed by atoms with van der Waals surface area (Å²) in [5.74, 6) is -0.211. The fourth-order valence-electron chi connectivity index (χ4n) is 3.13. The van der Waals surface area contributed by atoms with Crippen molar-refractivity contribution in [1.82, 2.24) is 0 Å². The molecule has 32 heavy (non-hydrogen) atoms. The Kier molecular flexibility index (Phi) is 5.72. The predicted molar refractivity (Wildman–Crippen MR) is 120 cm³/mol. The summed E-state index contributed by atoms with van der Waals surface area (Å²) in [6, 6.07) is 16.4. The van der Waals surface area contributed by atoms with Gasteiger partial charge in [-0.3, -0.25) is 4.79 Å². The van der Waals surface area contributed by atoms with E-state index in [9.17, 15) is 18.0 Å². The number of hydrogen-bond acceptors (Lipinski definition) is 8. The van der Waals surface area contributed by atoms with Crippen LogP contribution in [0.3, 0.4) is 0 Å². The van der Waals surface area contributed by atoms with Crippen LogP contribution in [0.25, 0.3) is 10.3 Å². The minimum Gasteiger partial charge on any atom is -0.493 e. The van der Waals surface area contributed by atoms with Crippen molar-refractivity contribution in [3.05, 3.63) is 82.0 Å². The van der Waals surface area contributed by atoms with Crippen LogP contribution >= 0.6 is 11.3 Å². The number of fused-ring (bicyclic) bond motifs is 1. The molecule has 0 atom stereocenters. The van der Waals surface area contributed by atoms with Crippen LogP contribution in [-0.4, -0.2) is 28.5 Å². The molecule has 0 radical (unpaired) electrons.